The van der Waals surface area contributed by atoms with Gasteiger partial charge in [0.05, 0.1) is 6.04 Å². The lowest BCUT2D eigenvalue weighted by Crippen LogP contribution is -2.14. The molecule has 0 fully saturated rings. The average molecular weight is 257 g/mol. The maximum absolute atomic E-state index is 6.47. The molecule has 2 aromatic rings. The van der Waals surface area contributed by atoms with Gasteiger partial charge in [0.1, 0.15) is 11.5 Å². The normalized spacial score (nSPS) is 12.7. The van der Waals surface area contributed by atoms with Crippen LogP contribution in [0.15, 0.2) is 28.7 Å². The summed E-state index contributed by atoms with van der Waals surface area (Å²) in [4.78, 5) is 0. The highest BCUT2D eigenvalue weighted by molar-refractivity contribution is 5.41. The fourth-order valence-electron chi connectivity index (χ4n) is 2.60. The van der Waals surface area contributed by atoms with Crippen molar-refractivity contribution in [3.05, 3.63) is 58.0 Å². The summed E-state index contributed by atoms with van der Waals surface area (Å²) in [5.41, 5.74) is 11.5. The number of aryl methyl sites for hydroxylation is 4. The summed E-state index contributed by atoms with van der Waals surface area (Å²) in [6.45, 7) is 8.29. The first kappa shape index (κ1) is 13.9. The Balaban J connectivity index is 2.47. The Bertz CT molecular complexity index is 569. The van der Waals surface area contributed by atoms with Crippen LogP contribution in [0.25, 0.3) is 0 Å². The Morgan fingerprint density at radius 1 is 1.05 bits per heavy atom. The van der Waals surface area contributed by atoms with Crippen LogP contribution in [0.4, 0.5) is 0 Å². The lowest BCUT2D eigenvalue weighted by Gasteiger charge is -2.17. The molecule has 2 heteroatoms. The maximum atomic E-state index is 6.47. The molecule has 1 heterocycles. The van der Waals surface area contributed by atoms with Gasteiger partial charge in [0.2, 0.25) is 0 Å². The van der Waals surface area contributed by atoms with Gasteiger partial charge >= 0.3 is 0 Å². The Labute approximate surface area is 115 Å². The van der Waals surface area contributed by atoms with E-state index >= 15 is 0 Å². The van der Waals surface area contributed by atoms with Crippen molar-refractivity contribution in [2.24, 2.45) is 5.73 Å². The molecule has 0 saturated heterocycles. The van der Waals surface area contributed by atoms with Gasteiger partial charge in [0.15, 0.2) is 0 Å². The second-order valence-corrected chi connectivity index (χ2v) is 5.09. The molecule has 1 aromatic heterocycles. The standard InChI is InChI=1S/C17H23NO/c1-5-13-7-8-14(6-2)16(10-13)17(18)15-9-11(3)19-12(15)4/h7-10,17H,5-6,18H2,1-4H3. The number of furan rings is 1. The molecular formula is C17H23NO. The van der Waals surface area contributed by atoms with Crippen LogP contribution in [0.2, 0.25) is 0 Å². The summed E-state index contributed by atoms with van der Waals surface area (Å²) in [7, 11) is 0. The summed E-state index contributed by atoms with van der Waals surface area (Å²) in [5, 5.41) is 0. The van der Waals surface area contributed by atoms with E-state index in [2.05, 4.69) is 38.1 Å². The van der Waals surface area contributed by atoms with Gasteiger partial charge in [0, 0.05) is 5.56 Å². The fraction of sp³-hybridized carbons (Fsp3) is 0.412. The van der Waals surface area contributed by atoms with Crippen LogP contribution in [0.5, 0.6) is 0 Å². The second-order valence-electron chi connectivity index (χ2n) is 5.09. The van der Waals surface area contributed by atoms with Gasteiger partial charge in [-0.15, -0.1) is 0 Å². The molecule has 2 N–H and O–H groups in total. The molecule has 19 heavy (non-hydrogen) atoms. The van der Waals surface area contributed by atoms with Gasteiger partial charge in [-0.25, -0.2) is 0 Å². The van der Waals surface area contributed by atoms with Gasteiger partial charge in [-0.2, -0.15) is 0 Å². The molecule has 0 amide bonds. The molecule has 1 unspecified atom stereocenters. The van der Waals surface area contributed by atoms with Crippen molar-refractivity contribution in [2.75, 3.05) is 0 Å². The molecular weight excluding hydrogens is 234 g/mol. The Kier molecular flexibility index (Phi) is 4.11. The second kappa shape index (κ2) is 5.62. The zero-order valence-corrected chi connectivity index (χ0v) is 12.3. The summed E-state index contributed by atoms with van der Waals surface area (Å²) in [5.74, 6) is 1.85. The van der Waals surface area contributed by atoms with Gasteiger partial charge in [0.25, 0.3) is 0 Å². The Morgan fingerprint density at radius 3 is 2.32 bits per heavy atom. The highest BCUT2D eigenvalue weighted by Gasteiger charge is 2.17. The zero-order valence-electron chi connectivity index (χ0n) is 12.3. The van der Waals surface area contributed by atoms with Crippen molar-refractivity contribution in [1.29, 1.82) is 0 Å². The summed E-state index contributed by atoms with van der Waals surface area (Å²) < 4.78 is 5.61. The average Bonchev–Trinajstić information content (AvgIpc) is 2.76. The number of benzene rings is 1. The first-order chi connectivity index (χ1) is 9.06. The lowest BCUT2D eigenvalue weighted by molar-refractivity contribution is 0.499. The lowest BCUT2D eigenvalue weighted by atomic mass is 9.92. The van der Waals surface area contributed by atoms with Crippen molar-refractivity contribution >= 4 is 0 Å². The van der Waals surface area contributed by atoms with E-state index in [0.717, 1.165) is 29.9 Å². The molecule has 1 aromatic carbocycles. The van der Waals surface area contributed by atoms with E-state index in [0.29, 0.717) is 0 Å². The van der Waals surface area contributed by atoms with E-state index < -0.39 is 0 Å². The van der Waals surface area contributed by atoms with Crippen LogP contribution in [0.3, 0.4) is 0 Å². The number of rotatable bonds is 4. The number of nitrogens with two attached hydrogens (primary N) is 1. The van der Waals surface area contributed by atoms with Crippen LogP contribution in [0, 0.1) is 13.8 Å². The Hall–Kier alpha value is -1.54. The number of hydrogen-bond acceptors (Lipinski definition) is 2. The van der Waals surface area contributed by atoms with Crippen molar-refractivity contribution in [2.45, 2.75) is 46.6 Å². The van der Waals surface area contributed by atoms with Crippen molar-refractivity contribution in [3.63, 3.8) is 0 Å². The molecule has 1 atom stereocenters. The molecule has 2 nitrogen and oxygen atoms in total. The highest BCUT2D eigenvalue weighted by atomic mass is 16.3. The maximum Gasteiger partial charge on any atom is 0.106 e. The van der Waals surface area contributed by atoms with Crippen molar-refractivity contribution in [3.8, 4) is 0 Å². The zero-order chi connectivity index (χ0) is 14.0. The van der Waals surface area contributed by atoms with E-state index in [-0.39, 0.29) is 6.04 Å². The first-order valence-corrected chi connectivity index (χ1v) is 7.01. The molecule has 2 rings (SSSR count). The van der Waals surface area contributed by atoms with E-state index in [1.807, 2.05) is 13.8 Å². The third kappa shape index (κ3) is 2.74. The van der Waals surface area contributed by atoms with E-state index in [1.165, 1.54) is 16.7 Å². The highest BCUT2D eigenvalue weighted by Crippen LogP contribution is 2.28. The third-order valence-corrected chi connectivity index (χ3v) is 3.75. The van der Waals surface area contributed by atoms with E-state index in [4.69, 9.17) is 10.2 Å². The summed E-state index contributed by atoms with van der Waals surface area (Å²) >= 11 is 0. The molecule has 0 bridgehead atoms. The quantitative estimate of drug-likeness (QED) is 0.896. The predicted octanol–water partition coefficient (Wildman–Crippen LogP) is 4.07. The molecule has 102 valence electrons. The fourth-order valence-corrected chi connectivity index (χ4v) is 2.60. The molecule has 0 saturated carbocycles. The minimum atomic E-state index is -0.0982. The van der Waals surface area contributed by atoms with E-state index in [9.17, 15) is 0 Å². The van der Waals surface area contributed by atoms with Crippen LogP contribution >= 0.6 is 0 Å². The van der Waals surface area contributed by atoms with Gasteiger partial charge in [-0.05, 0) is 49.4 Å². The SMILES string of the molecule is CCc1ccc(CC)c(C(N)c2cc(C)oc2C)c1. The number of hydrogen-bond donors (Lipinski definition) is 1. The molecule has 0 aliphatic carbocycles. The molecule has 0 aliphatic rings. The minimum Gasteiger partial charge on any atom is -0.466 e. The molecule has 0 spiro atoms. The summed E-state index contributed by atoms with van der Waals surface area (Å²) in [6, 6.07) is 8.60. The molecule has 0 aliphatic heterocycles. The monoisotopic (exact) mass is 257 g/mol. The first-order valence-electron chi connectivity index (χ1n) is 7.01. The topological polar surface area (TPSA) is 39.2 Å². The summed E-state index contributed by atoms with van der Waals surface area (Å²) in [6.07, 6.45) is 2.04. The molecule has 0 radical (unpaired) electrons. The van der Waals surface area contributed by atoms with Gasteiger partial charge < -0.3 is 10.2 Å². The predicted molar refractivity (Wildman–Crippen MR) is 79.4 cm³/mol. The van der Waals surface area contributed by atoms with Crippen LogP contribution in [-0.4, -0.2) is 0 Å². The smallest absolute Gasteiger partial charge is 0.106 e. The van der Waals surface area contributed by atoms with Gasteiger partial charge in [-0.1, -0.05) is 32.0 Å². The van der Waals surface area contributed by atoms with Crippen LogP contribution < -0.4 is 5.73 Å². The van der Waals surface area contributed by atoms with Crippen molar-refractivity contribution < 1.29 is 4.42 Å². The largest absolute Gasteiger partial charge is 0.466 e. The van der Waals surface area contributed by atoms with Crippen molar-refractivity contribution in [1.82, 2.24) is 0 Å². The van der Waals surface area contributed by atoms with Crippen LogP contribution in [0.1, 0.15) is 53.7 Å². The van der Waals surface area contributed by atoms with Crippen LogP contribution in [-0.2, 0) is 12.8 Å². The third-order valence-electron chi connectivity index (χ3n) is 3.75. The van der Waals surface area contributed by atoms with Gasteiger partial charge in [-0.3, -0.25) is 0 Å². The Morgan fingerprint density at radius 2 is 1.79 bits per heavy atom. The minimum absolute atomic E-state index is 0.0982. The van der Waals surface area contributed by atoms with E-state index in [1.54, 1.807) is 0 Å².